The Morgan fingerprint density at radius 2 is 1.87 bits per heavy atom. The zero-order valence-corrected chi connectivity index (χ0v) is 19.8. The Morgan fingerprint density at radius 1 is 1.10 bits per heavy atom. The molecule has 0 spiro atoms. The number of benzene rings is 1. The Hall–Kier alpha value is -1.74. The van der Waals surface area contributed by atoms with Crippen LogP contribution in [0.2, 0.25) is 0 Å². The summed E-state index contributed by atoms with van der Waals surface area (Å²) >= 11 is 1.29. The first-order valence-electron chi connectivity index (χ1n) is 11.0. The number of rotatable bonds is 6. The van der Waals surface area contributed by atoms with Gasteiger partial charge in [0.15, 0.2) is 0 Å². The zero-order chi connectivity index (χ0) is 22.0. The summed E-state index contributed by atoms with van der Waals surface area (Å²) in [6.07, 6.45) is 2.37. The number of carbonyl (C=O) groups excluding carboxylic acids is 1. The van der Waals surface area contributed by atoms with Gasteiger partial charge in [-0.1, -0.05) is 30.3 Å². The van der Waals surface area contributed by atoms with Gasteiger partial charge in [0.1, 0.15) is 4.21 Å². The van der Waals surface area contributed by atoms with E-state index in [1.54, 1.807) is 6.07 Å². The topological polar surface area (TPSA) is 69.7 Å². The lowest BCUT2D eigenvalue weighted by Crippen LogP contribution is -2.48. The molecule has 1 amide bonds. The molecule has 2 saturated heterocycles. The summed E-state index contributed by atoms with van der Waals surface area (Å²) in [7, 11) is -3.52. The summed E-state index contributed by atoms with van der Waals surface area (Å²) in [6.45, 7) is 6.63. The normalized spacial score (nSPS) is 24.2. The number of hydrogen-bond donors (Lipinski definition) is 1. The van der Waals surface area contributed by atoms with Gasteiger partial charge in [-0.25, -0.2) is 8.42 Å². The van der Waals surface area contributed by atoms with E-state index < -0.39 is 10.0 Å². The number of amides is 1. The third-order valence-corrected chi connectivity index (χ3v) is 9.79. The Balaban J connectivity index is 1.34. The first kappa shape index (κ1) is 22.5. The van der Waals surface area contributed by atoms with Crippen molar-refractivity contribution < 1.29 is 13.2 Å². The van der Waals surface area contributed by atoms with Crippen LogP contribution in [0.25, 0.3) is 0 Å². The fourth-order valence-corrected chi connectivity index (χ4v) is 7.53. The monoisotopic (exact) mass is 461 g/mol. The largest absolute Gasteiger partial charge is 0.352 e. The second kappa shape index (κ2) is 9.40. The Bertz CT molecular complexity index is 1010. The molecule has 0 aliphatic carbocycles. The number of thiophene rings is 1. The predicted octanol–water partition coefficient (Wildman–Crippen LogP) is 3.41. The first-order chi connectivity index (χ1) is 14.8. The van der Waals surface area contributed by atoms with E-state index >= 15 is 0 Å². The molecule has 31 heavy (non-hydrogen) atoms. The van der Waals surface area contributed by atoms with Gasteiger partial charge in [-0.3, -0.25) is 9.69 Å². The molecule has 3 heterocycles. The number of nitrogens with zero attached hydrogens (tertiary/aromatic N) is 2. The number of likely N-dealkylation sites (tertiary alicyclic amines) is 1. The number of aryl methyl sites for hydroxylation is 1. The molecule has 8 heteroatoms. The standard InChI is InChI=1S/C23H31N3O3S2/c1-17-10-11-22(30-17)31(28,29)26-13-6-9-20(15-26)23(27)24-21-12-14-25(16-21)18(2)19-7-4-3-5-8-19/h3-5,7-8,10-11,18,20-21H,6,9,12-16H2,1-2H3,(H,24,27). The van der Waals surface area contributed by atoms with Crippen molar-refractivity contribution in [3.63, 3.8) is 0 Å². The molecule has 2 aliphatic rings. The number of sulfonamides is 1. The summed E-state index contributed by atoms with van der Waals surface area (Å²) in [5, 5.41) is 3.20. The highest BCUT2D eigenvalue weighted by Crippen LogP contribution is 2.29. The van der Waals surface area contributed by atoms with Crippen molar-refractivity contribution in [3.8, 4) is 0 Å². The molecule has 2 aliphatic heterocycles. The van der Waals surface area contributed by atoms with Crippen LogP contribution < -0.4 is 5.32 Å². The van der Waals surface area contributed by atoms with E-state index in [1.807, 2.05) is 19.1 Å². The van der Waals surface area contributed by atoms with Crippen LogP contribution in [0.5, 0.6) is 0 Å². The van der Waals surface area contributed by atoms with Crippen LogP contribution in [0.1, 0.15) is 42.7 Å². The quantitative estimate of drug-likeness (QED) is 0.716. The van der Waals surface area contributed by atoms with Crippen molar-refractivity contribution >= 4 is 27.3 Å². The number of nitrogens with one attached hydrogen (secondary N) is 1. The number of piperidine rings is 1. The van der Waals surface area contributed by atoms with Crippen molar-refractivity contribution in [2.75, 3.05) is 26.2 Å². The summed E-state index contributed by atoms with van der Waals surface area (Å²) in [5.74, 6) is -0.299. The molecule has 0 bridgehead atoms. The van der Waals surface area contributed by atoms with Crippen LogP contribution in [0, 0.1) is 12.8 Å². The molecule has 4 rings (SSSR count). The molecule has 1 aromatic heterocycles. The van der Waals surface area contributed by atoms with Gasteiger partial charge >= 0.3 is 0 Å². The van der Waals surface area contributed by atoms with E-state index in [0.717, 1.165) is 30.8 Å². The lowest BCUT2D eigenvalue weighted by molar-refractivity contribution is -0.126. The highest BCUT2D eigenvalue weighted by Gasteiger charge is 2.35. The van der Waals surface area contributed by atoms with Crippen molar-refractivity contribution in [3.05, 3.63) is 52.9 Å². The molecule has 2 fully saturated rings. The minimum Gasteiger partial charge on any atom is -0.352 e. The summed E-state index contributed by atoms with van der Waals surface area (Å²) in [4.78, 5) is 16.3. The number of hydrogen-bond acceptors (Lipinski definition) is 5. The molecule has 6 nitrogen and oxygen atoms in total. The highest BCUT2D eigenvalue weighted by atomic mass is 32.2. The van der Waals surface area contributed by atoms with E-state index in [-0.39, 0.29) is 24.4 Å². The summed E-state index contributed by atoms with van der Waals surface area (Å²) in [5.41, 5.74) is 1.28. The fraction of sp³-hybridized carbons (Fsp3) is 0.522. The van der Waals surface area contributed by atoms with Crippen LogP contribution >= 0.6 is 11.3 Å². The van der Waals surface area contributed by atoms with Crippen LogP contribution in [0.4, 0.5) is 0 Å². The summed E-state index contributed by atoms with van der Waals surface area (Å²) in [6, 6.07) is 14.3. The lowest BCUT2D eigenvalue weighted by Gasteiger charge is -2.31. The van der Waals surface area contributed by atoms with Crippen molar-refractivity contribution in [1.29, 1.82) is 0 Å². The zero-order valence-electron chi connectivity index (χ0n) is 18.2. The maximum absolute atomic E-state index is 13.0. The van der Waals surface area contributed by atoms with Gasteiger partial charge < -0.3 is 5.32 Å². The Kier molecular flexibility index (Phi) is 6.81. The van der Waals surface area contributed by atoms with Crippen LogP contribution in [-0.4, -0.2) is 55.8 Å². The molecule has 2 aromatic rings. The van der Waals surface area contributed by atoms with Crippen LogP contribution in [0.3, 0.4) is 0 Å². The number of carbonyl (C=O) groups is 1. The summed E-state index contributed by atoms with van der Waals surface area (Å²) < 4.78 is 27.8. The lowest BCUT2D eigenvalue weighted by atomic mass is 9.98. The van der Waals surface area contributed by atoms with E-state index in [9.17, 15) is 13.2 Å². The van der Waals surface area contributed by atoms with E-state index in [4.69, 9.17) is 0 Å². The van der Waals surface area contributed by atoms with Crippen molar-refractivity contribution in [2.45, 2.75) is 49.4 Å². The van der Waals surface area contributed by atoms with Gasteiger partial charge in [-0.05, 0) is 50.8 Å². The highest BCUT2D eigenvalue weighted by molar-refractivity contribution is 7.91. The van der Waals surface area contributed by atoms with Gasteiger partial charge in [-0.2, -0.15) is 4.31 Å². The third kappa shape index (κ3) is 5.03. The maximum atomic E-state index is 13.0. The maximum Gasteiger partial charge on any atom is 0.252 e. The molecular weight excluding hydrogens is 430 g/mol. The fourth-order valence-electron chi connectivity index (χ4n) is 4.57. The second-order valence-corrected chi connectivity index (χ2v) is 12.1. The van der Waals surface area contributed by atoms with Crippen molar-refractivity contribution in [2.24, 2.45) is 5.92 Å². The van der Waals surface area contributed by atoms with Gasteiger partial charge in [0.05, 0.1) is 5.92 Å². The Morgan fingerprint density at radius 3 is 2.58 bits per heavy atom. The van der Waals surface area contributed by atoms with Gasteiger partial charge in [0.25, 0.3) is 10.0 Å². The van der Waals surface area contributed by atoms with E-state index in [1.165, 1.54) is 21.2 Å². The van der Waals surface area contributed by atoms with E-state index in [0.29, 0.717) is 23.2 Å². The third-order valence-electron chi connectivity index (χ3n) is 6.46. The molecule has 0 saturated carbocycles. The predicted molar refractivity (Wildman–Crippen MR) is 124 cm³/mol. The van der Waals surface area contributed by atoms with Gasteiger partial charge in [-0.15, -0.1) is 11.3 Å². The van der Waals surface area contributed by atoms with Crippen molar-refractivity contribution in [1.82, 2.24) is 14.5 Å². The van der Waals surface area contributed by atoms with Crippen LogP contribution in [0.15, 0.2) is 46.7 Å². The molecule has 1 aromatic carbocycles. The molecule has 3 atom stereocenters. The van der Waals surface area contributed by atoms with Gasteiger partial charge in [0, 0.05) is 43.1 Å². The minimum absolute atomic E-state index is 0.0125. The molecule has 0 radical (unpaired) electrons. The first-order valence-corrected chi connectivity index (χ1v) is 13.3. The molecular formula is C23H31N3O3S2. The molecule has 1 N–H and O–H groups in total. The average molecular weight is 462 g/mol. The van der Waals surface area contributed by atoms with Crippen LogP contribution in [-0.2, 0) is 14.8 Å². The Labute approximate surface area is 189 Å². The second-order valence-electron chi connectivity index (χ2n) is 8.64. The SMILES string of the molecule is Cc1ccc(S(=O)(=O)N2CCCC(C(=O)NC3CCN(C(C)c4ccccc4)C3)C2)s1. The smallest absolute Gasteiger partial charge is 0.252 e. The minimum atomic E-state index is -3.52. The van der Waals surface area contributed by atoms with E-state index in [2.05, 4.69) is 41.4 Å². The molecule has 3 unspecified atom stereocenters. The van der Waals surface area contributed by atoms with Gasteiger partial charge in [0.2, 0.25) is 5.91 Å². The molecule has 168 valence electrons. The average Bonchev–Trinajstić information content (AvgIpc) is 3.43.